The summed E-state index contributed by atoms with van der Waals surface area (Å²) in [6.07, 6.45) is 6.77. The molecule has 22 heavy (non-hydrogen) atoms. The quantitative estimate of drug-likeness (QED) is 0.390. The molecule has 114 valence electrons. The molecule has 1 amide bonds. The van der Waals surface area contributed by atoms with Crippen LogP contribution in [0.25, 0.3) is 6.08 Å². The lowest BCUT2D eigenvalue weighted by atomic mass is 10.1. The molecule has 2 aromatic rings. The second-order valence-corrected chi connectivity index (χ2v) is 6.22. The number of carbonyl (C=O) groups is 1. The van der Waals surface area contributed by atoms with Gasteiger partial charge in [0.05, 0.1) is 6.33 Å². The third kappa shape index (κ3) is 3.38. The van der Waals surface area contributed by atoms with Crippen molar-refractivity contribution >= 4 is 23.9 Å². The highest BCUT2D eigenvalue weighted by Crippen LogP contribution is 2.32. The standard InChI is InChI=1S/C15H16N4O2S/c1-18-9-15(16-10-18)22-19-7-12-4-2-11(6-13(12)8-19)3-5-14(20)17-21/h2-6,9-10,21H,7-8H2,1H3,(H,17,20)/b5-3+. The third-order valence-corrected chi connectivity index (χ3v) is 4.28. The summed E-state index contributed by atoms with van der Waals surface area (Å²) in [7, 11) is 1.96. The number of benzene rings is 1. The van der Waals surface area contributed by atoms with Crippen LogP contribution in [0.2, 0.25) is 0 Å². The van der Waals surface area contributed by atoms with E-state index in [1.165, 1.54) is 17.2 Å². The zero-order valence-corrected chi connectivity index (χ0v) is 12.9. The molecule has 1 aromatic carbocycles. The van der Waals surface area contributed by atoms with Crippen LogP contribution in [0.3, 0.4) is 0 Å². The number of nitrogens with zero attached hydrogens (tertiary/aromatic N) is 3. The Hall–Kier alpha value is -2.09. The lowest BCUT2D eigenvalue weighted by Crippen LogP contribution is -2.14. The predicted molar refractivity (Wildman–Crippen MR) is 83.7 cm³/mol. The fourth-order valence-corrected chi connectivity index (χ4v) is 3.31. The van der Waals surface area contributed by atoms with Gasteiger partial charge in [-0.15, -0.1) is 0 Å². The highest BCUT2D eigenvalue weighted by atomic mass is 32.2. The van der Waals surface area contributed by atoms with Crippen LogP contribution in [0.5, 0.6) is 0 Å². The van der Waals surface area contributed by atoms with Crippen molar-refractivity contribution in [1.82, 2.24) is 19.3 Å². The first-order valence-corrected chi connectivity index (χ1v) is 7.56. The first kappa shape index (κ1) is 14.8. The molecule has 1 aliphatic rings. The molecular weight excluding hydrogens is 300 g/mol. The number of hydrogen-bond donors (Lipinski definition) is 2. The Morgan fingerprint density at radius 3 is 2.95 bits per heavy atom. The first-order chi connectivity index (χ1) is 10.6. The number of hydrogen-bond acceptors (Lipinski definition) is 5. The number of aromatic nitrogens is 2. The molecule has 1 aliphatic heterocycles. The molecule has 0 aliphatic carbocycles. The van der Waals surface area contributed by atoms with Gasteiger partial charge in [0, 0.05) is 32.4 Å². The van der Waals surface area contributed by atoms with Crippen molar-refractivity contribution in [3.05, 3.63) is 53.5 Å². The van der Waals surface area contributed by atoms with Crippen LogP contribution in [0.15, 0.2) is 41.8 Å². The average Bonchev–Trinajstić information content (AvgIpc) is 3.09. The van der Waals surface area contributed by atoms with E-state index in [0.29, 0.717) is 0 Å². The second kappa shape index (κ2) is 6.35. The van der Waals surface area contributed by atoms with Crippen LogP contribution in [-0.2, 0) is 24.9 Å². The van der Waals surface area contributed by atoms with Gasteiger partial charge in [0.25, 0.3) is 5.91 Å². The van der Waals surface area contributed by atoms with Crippen LogP contribution in [0.1, 0.15) is 16.7 Å². The first-order valence-electron chi connectivity index (χ1n) is 6.79. The smallest absolute Gasteiger partial charge is 0.267 e. The van der Waals surface area contributed by atoms with E-state index in [2.05, 4.69) is 21.4 Å². The topological polar surface area (TPSA) is 70.4 Å². The lowest BCUT2D eigenvalue weighted by molar-refractivity contribution is -0.124. The number of rotatable bonds is 4. The predicted octanol–water partition coefficient (Wildman–Crippen LogP) is 1.96. The van der Waals surface area contributed by atoms with Crippen molar-refractivity contribution in [3.63, 3.8) is 0 Å². The molecule has 0 saturated carbocycles. The van der Waals surface area contributed by atoms with Crippen molar-refractivity contribution in [2.75, 3.05) is 0 Å². The Morgan fingerprint density at radius 1 is 1.41 bits per heavy atom. The summed E-state index contributed by atoms with van der Waals surface area (Å²) in [4.78, 5) is 15.3. The maximum atomic E-state index is 11.0. The fraction of sp³-hybridized carbons (Fsp3) is 0.200. The van der Waals surface area contributed by atoms with Gasteiger partial charge < -0.3 is 4.57 Å². The molecule has 0 bridgehead atoms. The number of hydroxylamine groups is 1. The Bertz CT molecular complexity index is 726. The van der Waals surface area contributed by atoms with Crippen LogP contribution in [0.4, 0.5) is 0 Å². The van der Waals surface area contributed by atoms with Gasteiger partial charge in [-0.1, -0.05) is 18.2 Å². The maximum absolute atomic E-state index is 11.0. The SMILES string of the molecule is Cn1cnc(SN2Cc3ccc(/C=C/C(=O)NO)cc3C2)c1. The summed E-state index contributed by atoms with van der Waals surface area (Å²) in [6.45, 7) is 1.71. The van der Waals surface area contributed by atoms with Gasteiger partial charge in [0.15, 0.2) is 0 Å². The van der Waals surface area contributed by atoms with E-state index in [4.69, 9.17) is 5.21 Å². The average molecular weight is 316 g/mol. The van der Waals surface area contributed by atoms with E-state index in [1.807, 2.05) is 23.9 Å². The fourth-order valence-electron chi connectivity index (χ4n) is 2.33. The normalized spacial score (nSPS) is 14.5. The van der Waals surface area contributed by atoms with Crippen LogP contribution in [-0.4, -0.2) is 25.0 Å². The number of aryl methyl sites for hydroxylation is 1. The molecule has 2 heterocycles. The van der Waals surface area contributed by atoms with Crippen molar-refractivity contribution in [2.24, 2.45) is 7.05 Å². The minimum atomic E-state index is -0.534. The van der Waals surface area contributed by atoms with Crippen LogP contribution in [0, 0.1) is 0 Å². The van der Waals surface area contributed by atoms with Gasteiger partial charge >= 0.3 is 0 Å². The van der Waals surface area contributed by atoms with E-state index in [1.54, 1.807) is 29.8 Å². The summed E-state index contributed by atoms with van der Waals surface area (Å²) in [5.41, 5.74) is 5.04. The van der Waals surface area contributed by atoms with E-state index in [9.17, 15) is 4.79 Å². The molecule has 0 fully saturated rings. The molecule has 6 nitrogen and oxygen atoms in total. The van der Waals surface area contributed by atoms with Crippen molar-refractivity contribution in [3.8, 4) is 0 Å². The van der Waals surface area contributed by atoms with Crippen molar-refractivity contribution in [2.45, 2.75) is 18.1 Å². The van der Waals surface area contributed by atoms with Crippen LogP contribution >= 0.6 is 11.9 Å². The molecule has 7 heteroatoms. The molecule has 0 atom stereocenters. The number of fused-ring (bicyclic) bond motifs is 1. The molecular formula is C15H16N4O2S. The van der Waals surface area contributed by atoms with Gasteiger partial charge in [0.2, 0.25) is 0 Å². The Kier molecular flexibility index (Phi) is 4.28. The molecule has 0 unspecified atom stereocenters. The summed E-state index contributed by atoms with van der Waals surface area (Å²) < 4.78 is 4.18. The minimum absolute atomic E-state index is 0.534. The Balaban J connectivity index is 1.68. The summed E-state index contributed by atoms with van der Waals surface area (Å²) in [6, 6.07) is 6.11. The summed E-state index contributed by atoms with van der Waals surface area (Å²) >= 11 is 1.64. The van der Waals surface area contributed by atoms with Gasteiger partial charge in [-0.2, -0.15) is 0 Å². The molecule has 0 radical (unpaired) electrons. The van der Waals surface area contributed by atoms with E-state index in [-0.39, 0.29) is 0 Å². The van der Waals surface area contributed by atoms with Gasteiger partial charge in [-0.05, 0) is 34.7 Å². The van der Waals surface area contributed by atoms with Gasteiger partial charge in [-0.25, -0.2) is 14.8 Å². The number of nitrogens with one attached hydrogen (secondary N) is 1. The zero-order chi connectivity index (χ0) is 15.5. The van der Waals surface area contributed by atoms with Crippen LogP contribution < -0.4 is 5.48 Å². The highest BCUT2D eigenvalue weighted by molar-refractivity contribution is 7.96. The molecule has 0 spiro atoms. The second-order valence-electron chi connectivity index (χ2n) is 5.10. The minimum Gasteiger partial charge on any atom is -0.339 e. The molecule has 3 rings (SSSR count). The molecule has 0 saturated heterocycles. The molecule has 2 N–H and O–H groups in total. The molecule has 1 aromatic heterocycles. The van der Waals surface area contributed by atoms with E-state index < -0.39 is 5.91 Å². The Labute approximate surface area is 132 Å². The van der Waals surface area contributed by atoms with E-state index >= 15 is 0 Å². The van der Waals surface area contributed by atoms with Crippen molar-refractivity contribution < 1.29 is 10.0 Å². The highest BCUT2D eigenvalue weighted by Gasteiger charge is 2.20. The van der Waals surface area contributed by atoms with Gasteiger partial charge in [-0.3, -0.25) is 10.0 Å². The Morgan fingerprint density at radius 2 is 2.23 bits per heavy atom. The number of carbonyl (C=O) groups excluding carboxylic acids is 1. The summed E-state index contributed by atoms with van der Waals surface area (Å²) in [5.74, 6) is -0.534. The monoisotopic (exact) mass is 316 g/mol. The number of amides is 1. The summed E-state index contributed by atoms with van der Waals surface area (Å²) in [5, 5.41) is 9.46. The number of imidazole rings is 1. The largest absolute Gasteiger partial charge is 0.339 e. The third-order valence-electron chi connectivity index (χ3n) is 3.36. The maximum Gasteiger partial charge on any atom is 0.267 e. The zero-order valence-electron chi connectivity index (χ0n) is 12.1. The lowest BCUT2D eigenvalue weighted by Gasteiger charge is -2.10. The van der Waals surface area contributed by atoms with E-state index in [0.717, 1.165) is 23.7 Å². The van der Waals surface area contributed by atoms with Gasteiger partial charge in [0.1, 0.15) is 5.03 Å². The van der Waals surface area contributed by atoms with Crippen molar-refractivity contribution in [1.29, 1.82) is 0 Å².